The fourth-order valence-electron chi connectivity index (χ4n) is 2.49. The number of hydrogen-bond acceptors (Lipinski definition) is 5. The third-order valence-corrected chi connectivity index (χ3v) is 5.20. The molecule has 23 heavy (non-hydrogen) atoms. The summed E-state index contributed by atoms with van der Waals surface area (Å²) >= 11 is 4.66. The van der Waals surface area contributed by atoms with Gasteiger partial charge in [-0.05, 0) is 18.1 Å². The number of halogens is 1. The van der Waals surface area contributed by atoms with Gasteiger partial charge in [-0.15, -0.1) is 0 Å². The Morgan fingerprint density at radius 1 is 1.43 bits per heavy atom. The van der Waals surface area contributed by atoms with E-state index < -0.39 is 0 Å². The molecule has 0 spiro atoms. The highest BCUT2D eigenvalue weighted by Gasteiger charge is 2.33. The zero-order chi connectivity index (χ0) is 16.4. The van der Waals surface area contributed by atoms with Gasteiger partial charge >= 0.3 is 0 Å². The van der Waals surface area contributed by atoms with Crippen LogP contribution < -0.4 is 4.90 Å². The van der Waals surface area contributed by atoms with Crippen molar-refractivity contribution >= 4 is 44.6 Å². The Morgan fingerprint density at radius 2 is 2.17 bits per heavy atom. The van der Waals surface area contributed by atoms with Crippen molar-refractivity contribution in [3.8, 4) is 11.3 Å². The molecule has 1 saturated heterocycles. The molecule has 1 atom stereocenters. The van der Waals surface area contributed by atoms with Gasteiger partial charge in [0.1, 0.15) is 5.69 Å². The van der Waals surface area contributed by atoms with Crippen LogP contribution in [0.3, 0.4) is 0 Å². The molecule has 0 N–H and O–H groups in total. The molecule has 7 heteroatoms. The number of carbonyl (C=O) groups excluding carboxylic acids is 2. The predicted molar refractivity (Wildman–Crippen MR) is 93.2 cm³/mol. The van der Waals surface area contributed by atoms with Crippen LogP contribution in [0.25, 0.3) is 11.3 Å². The van der Waals surface area contributed by atoms with E-state index in [1.165, 1.54) is 11.8 Å². The first-order valence-electron chi connectivity index (χ1n) is 7.19. The summed E-state index contributed by atoms with van der Waals surface area (Å²) in [5.74, 6) is 1.30. The van der Waals surface area contributed by atoms with E-state index in [0.29, 0.717) is 30.3 Å². The van der Waals surface area contributed by atoms with Crippen LogP contribution in [-0.4, -0.2) is 28.5 Å². The topological polar surface area (TPSA) is 63.4 Å². The van der Waals surface area contributed by atoms with E-state index in [1.54, 1.807) is 17.9 Å². The Hall–Kier alpha value is -1.60. The van der Waals surface area contributed by atoms with Gasteiger partial charge in [-0.2, -0.15) is 0 Å². The van der Waals surface area contributed by atoms with Gasteiger partial charge in [-0.25, -0.2) is 0 Å². The lowest BCUT2D eigenvalue weighted by Gasteiger charge is -2.11. The third-order valence-electron chi connectivity index (χ3n) is 3.63. The lowest BCUT2D eigenvalue weighted by molar-refractivity contribution is -0.117. The first kappa shape index (κ1) is 16.3. The first-order chi connectivity index (χ1) is 11.0. The number of benzene rings is 1. The zero-order valence-electron chi connectivity index (χ0n) is 12.5. The number of carbonyl (C=O) groups is 2. The van der Waals surface area contributed by atoms with Gasteiger partial charge in [0.05, 0.1) is 0 Å². The first-order valence-corrected chi connectivity index (χ1v) is 8.97. The van der Waals surface area contributed by atoms with Crippen molar-refractivity contribution in [2.24, 2.45) is 5.92 Å². The standard InChI is InChI=1S/C16H15BrN2O3S/c1-10(20)23-9-11-6-15(21)19(8-11)16-7-14(18-22-16)12-2-4-13(17)5-3-12/h2-5,7,11H,6,8-9H2,1H3. The number of aromatic nitrogens is 1. The second kappa shape index (κ2) is 6.88. The molecule has 1 aromatic heterocycles. The molecule has 5 nitrogen and oxygen atoms in total. The molecule has 1 aliphatic rings. The maximum atomic E-state index is 12.2. The molecule has 0 saturated carbocycles. The second-order valence-corrected chi connectivity index (χ2v) is 7.55. The highest BCUT2D eigenvalue weighted by molar-refractivity contribution is 9.10. The van der Waals surface area contributed by atoms with Crippen molar-refractivity contribution in [3.63, 3.8) is 0 Å². The number of amides is 1. The SMILES string of the molecule is CC(=O)SCC1CC(=O)N(c2cc(-c3ccc(Br)cc3)no2)C1. The minimum atomic E-state index is 0.0117. The van der Waals surface area contributed by atoms with Crippen molar-refractivity contribution in [2.75, 3.05) is 17.2 Å². The molecule has 2 aromatic rings. The van der Waals surface area contributed by atoms with Crippen LogP contribution in [-0.2, 0) is 9.59 Å². The molecule has 3 rings (SSSR count). The van der Waals surface area contributed by atoms with Crippen molar-refractivity contribution in [3.05, 3.63) is 34.8 Å². The van der Waals surface area contributed by atoms with E-state index >= 15 is 0 Å². The Kier molecular flexibility index (Phi) is 4.87. The third kappa shape index (κ3) is 3.84. The normalized spacial score (nSPS) is 17.7. The second-order valence-electron chi connectivity index (χ2n) is 5.43. The summed E-state index contributed by atoms with van der Waals surface area (Å²) in [4.78, 5) is 24.8. The molecule has 1 aliphatic heterocycles. The van der Waals surface area contributed by atoms with E-state index in [4.69, 9.17) is 4.52 Å². The summed E-state index contributed by atoms with van der Waals surface area (Å²) in [5.41, 5.74) is 1.63. The van der Waals surface area contributed by atoms with Gasteiger partial charge in [0.2, 0.25) is 11.8 Å². The van der Waals surface area contributed by atoms with Crippen LogP contribution in [0.5, 0.6) is 0 Å². The molecular formula is C16H15BrN2O3S. The van der Waals surface area contributed by atoms with Crippen LogP contribution >= 0.6 is 27.7 Å². The van der Waals surface area contributed by atoms with Gasteiger partial charge < -0.3 is 4.52 Å². The molecule has 0 bridgehead atoms. The molecule has 0 aliphatic carbocycles. The van der Waals surface area contributed by atoms with Crippen LogP contribution in [0.2, 0.25) is 0 Å². The average molecular weight is 395 g/mol. The Balaban J connectivity index is 1.71. The fraction of sp³-hybridized carbons (Fsp3) is 0.312. The Morgan fingerprint density at radius 3 is 2.87 bits per heavy atom. The highest BCUT2D eigenvalue weighted by atomic mass is 79.9. The minimum Gasteiger partial charge on any atom is -0.338 e. The number of hydrogen-bond donors (Lipinski definition) is 0. The van der Waals surface area contributed by atoms with Crippen molar-refractivity contribution in [2.45, 2.75) is 13.3 Å². The van der Waals surface area contributed by atoms with Gasteiger partial charge in [0.15, 0.2) is 5.12 Å². The van der Waals surface area contributed by atoms with E-state index in [1.807, 2.05) is 24.3 Å². The number of thioether (sulfide) groups is 1. The molecule has 1 fully saturated rings. The minimum absolute atomic E-state index is 0.0117. The van der Waals surface area contributed by atoms with Crippen LogP contribution in [0, 0.1) is 5.92 Å². The van der Waals surface area contributed by atoms with E-state index in [-0.39, 0.29) is 16.9 Å². The molecule has 2 heterocycles. The van der Waals surface area contributed by atoms with Gasteiger partial charge in [0.25, 0.3) is 0 Å². The summed E-state index contributed by atoms with van der Waals surface area (Å²) in [5, 5.41) is 4.13. The molecular weight excluding hydrogens is 380 g/mol. The summed E-state index contributed by atoms with van der Waals surface area (Å²) in [6, 6.07) is 9.51. The van der Waals surface area contributed by atoms with E-state index in [2.05, 4.69) is 21.1 Å². The molecule has 0 radical (unpaired) electrons. The summed E-state index contributed by atoms with van der Waals surface area (Å²) < 4.78 is 6.34. The fourth-order valence-corrected chi connectivity index (χ4v) is 3.45. The van der Waals surface area contributed by atoms with Crippen molar-refractivity contribution < 1.29 is 14.1 Å². The maximum absolute atomic E-state index is 12.2. The van der Waals surface area contributed by atoms with Crippen LogP contribution in [0.4, 0.5) is 5.88 Å². The van der Waals surface area contributed by atoms with Gasteiger partial charge in [-0.1, -0.05) is 45.0 Å². The largest absolute Gasteiger partial charge is 0.338 e. The zero-order valence-corrected chi connectivity index (χ0v) is 14.9. The number of nitrogens with zero attached hydrogens (tertiary/aromatic N) is 2. The molecule has 120 valence electrons. The quantitative estimate of drug-likeness (QED) is 0.789. The van der Waals surface area contributed by atoms with Gasteiger partial charge in [0, 0.05) is 41.7 Å². The van der Waals surface area contributed by atoms with E-state index in [0.717, 1.165) is 10.0 Å². The van der Waals surface area contributed by atoms with Crippen molar-refractivity contribution in [1.82, 2.24) is 5.16 Å². The van der Waals surface area contributed by atoms with Crippen LogP contribution in [0.15, 0.2) is 39.3 Å². The highest BCUT2D eigenvalue weighted by Crippen LogP contribution is 2.30. The summed E-state index contributed by atoms with van der Waals surface area (Å²) in [6.45, 7) is 2.11. The molecule has 1 amide bonds. The van der Waals surface area contributed by atoms with Gasteiger partial charge in [-0.3, -0.25) is 14.5 Å². The number of rotatable bonds is 4. The maximum Gasteiger partial charge on any atom is 0.234 e. The predicted octanol–water partition coefficient (Wildman–Crippen LogP) is 3.74. The molecule has 1 aromatic carbocycles. The molecule has 1 unspecified atom stereocenters. The summed E-state index contributed by atoms with van der Waals surface area (Å²) in [7, 11) is 0. The lowest BCUT2D eigenvalue weighted by Crippen LogP contribution is -2.24. The smallest absolute Gasteiger partial charge is 0.234 e. The monoisotopic (exact) mass is 394 g/mol. The Labute approximate surface area is 146 Å². The summed E-state index contributed by atoms with van der Waals surface area (Å²) in [6.07, 6.45) is 0.439. The number of anilines is 1. The van der Waals surface area contributed by atoms with Crippen molar-refractivity contribution in [1.29, 1.82) is 0 Å². The Bertz CT molecular complexity index is 729. The van der Waals surface area contributed by atoms with Crippen LogP contribution in [0.1, 0.15) is 13.3 Å². The van der Waals surface area contributed by atoms with E-state index in [9.17, 15) is 9.59 Å². The average Bonchev–Trinajstić information content (AvgIpc) is 3.12. The lowest BCUT2D eigenvalue weighted by atomic mass is 10.1.